The number of imidazole rings is 1. The maximum absolute atomic E-state index is 5.66. The molecule has 1 saturated heterocycles. The van der Waals surface area contributed by atoms with Gasteiger partial charge in [0.25, 0.3) is 0 Å². The molecule has 0 aromatic carbocycles. The lowest BCUT2D eigenvalue weighted by atomic mass is 10.0. The van der Waals surface area contributed by atoms with E-state index in [9.17, 15) is 0 Å². The van der Waals surface area contributed by atoms with Crippen molar-refractivity contribution in [2.24, 2.45) is 9.98 Å². The molecule has 0 radical (unpaired) electrons. The van der Waals surface area contributed by atoms with E-state index >= 15 is 0 Å². The van der Waals surface area contributed by atoms with Crippen LogP contribution in [0.25, 0.3) is 5.13 Å². The Morgan fingerprint density at radius 1 is 1.06 bits per heavy atom. The van der Waals surface area contributed by atoms with Crippen LogP contribution < -0.4 is 0 Å². The standard InChI is InChI=1S/C27H31N5O2S/c1-19-16-23(22-7-4-13-33-14-5-8-22)29-25(17-21-6-3-12-34-15-9-21)31-26(19)24-18-35-27(30-24)32-11-10-28-20(32)2/h7,10-11,16-18H,1,3-6,8-9,12-15H2,2H3/b21-17-,22-7?. The zero-order valence-electron chi connectivity index (χ0n) is 20.2. The molecule has 0 spiro atoms. The van der Waals surface area contributed by atoms with E-state index < -0.39 is 0 Å². The summed E-state index contributed by atoms with van der Waals surface area (Å²) in [5, 5.41) is 2.90. The Hall–Kier alpha value is -2.94. The highest BCUT2D eigenvalue weighted by molar-refractivity contribution is 7.12. The summed E-state index contributed by atoms with van der Waals surface area (Å²) in [6.45, 7) is 9.43. The molecule has 2 aromatic rings. The van der Waals surface area contributed by atoms with Crippen LogP contribution in [0.2, 0.25) is 0 Å². The fourth-order valence-electron chi connectivity index (χ4n) is 4.39. The van der Waals surface area contributed by atoms with Crippen LogP contribution in [-0.4, -0.2) is 52.5 Å². The van der Waals surface area contributed by atoms with Crippen molar-refractivity contribution in [1.29, 1.82) is 0 Å². The van der Waals surface area contributed by atoms with Crippen LogP contribution in [0.1, 0.15) is 50.0 Å². The highest BCUT2D eigenvalue weighted by atomic mass is 32.1. The summed E-state index contributed by atoms with van der Waals surface area (Å²) >= 11 is 1.57. The van der Waals surface area contributed by atoms with Gasteiger partial charge < -0.3 is 9.47 Å². The Kier molecular flexibility index (Phi) is 7.61. The number of amidine groups is 1. The second-order valence-corrected chi connectivity index (χ2v) is 9.68. The molecule has 0 amide bonds. The first kappa shape index (κ1) is 23.8. The normalized spacial score (nSPS) is 21.3. The number of aromatic nitrogens is 3. The van der Waals surface area contributed by atoms with E-state index in [1.165, 1.54) is 11.1 Å². The van der Waals surface area contributed by atoms with Gasteiger partial charge in [0, 0.05) is 31.0 Å². The van der Waals surface area contributed by atoms with Crippen molar-refractivity contribution >= 4 is 22.9 Å². The largest absolute Gasteiger partial charge is 0.381 e. The lowest BCUT2D eigenvalue weighted by Crippen LogP contribution is -2.07. The Labute approximate surface area is 210 Å². The van der Waals surface area contributed by atoms with Crippen LogP contribution in [0.5, 0.6) is 0 Å². The number of hydrogen-bond acceptors (Lipinski definition) is 7. The minimum Gasteiger partial charge on any atom is -0.381 e. The molecule has 0 aliphatic carbocycles. The molecular formula is C27H31N5O2S. The summed E-state index contributed by atoms with van der Waals surface area (Å²) in [6, 6.07) is 0. The van der Waals surface area contributed by atoms with Crippen LogP contribution in [0.3, 0.4) is 0 Å². The second-order valence-electron chi connectivity index (χ2n) is 8.85. The first-order valence-corrected chi connectivity index (χ1v) is 13.1. The SMILES string of the molecule is C=C1C=C(C2=CCCOCCC2)N=C(/C=C2/CCCOCC2)N=C1c1csc(-n2ccnc2C)n1. The zero-order chi connectivity index (χ0) is 24.0. The van der Waals surface area contributed by atoms with Crippen LogP contribution in [-0.2, 0) is 9.47 Å². The lowest BCUT2D eigenvalue weighted by molar-refractivity contribution is 0.134. The summed E-state index contributed by atoms with van der Waals surface area (Å²) in [5.74, 6) is 1.60. The van der Waals surface area contributed by atoms with Gasteiger partial charge in [0.2, 0.25) is 0 Å². The maximum Gasteiger partial charge on any atom is 0.195 e. The van der Waals surface area contributed by atoms with Gasteiger partial charge in [-0.05, 0) is 68.7 Å². The van der Waals surface area contributed by atoms with Crippen molar-refractivity contribution in [1.82, 2.24) is 14.5 Å². The van der Waals surface area contributed by atoms with Gasteiger partial charge in [-0.3, -0.25) is 4.57 Å². The van der Waals surface area contributed by atoms with E-state index in [1.54, 1.807) is 17.5 Å². The van der Waals surface area contributed by atoms with Gasteiger partial charge in [-0.2, -0.15) is 0 Å². The average Bonchev–Trinajstić information content (AvgIpc) is 3.34. The Balaban J connectivity index is 1.54. The second kappa shape index (κ2) is 11.2. The molecule has 182 valence electrons. The van der Waals surface area contributed by atoms with Gasteiger partial charge in [0.15, 0.2) is 11.0 Å². The molecule has 1 fully saturated rings. The molecular weight excluding hydrogens is 458 g/mol. The van der Waals surface area contributed by atoms with E-state index in [-0.39, 0.29) is 0 Å². The number of thiazole rings is 1. The van der Waals surface area contributed by atoms with Crippen LogP contribution in [0.4, 0.5) is 0 Å². The van der Waals surface area contributed by atoms with Gasteiger partial charge in [-0.1, -0.05) is 18.2 Å². The predicted octanol–water partition coefficient (Wildman–Crippen LogP) is 5.53. The molecule has 0 bridgehead atoms. The fourth-order valence-corrected chi connectivity index (χ4v) is 5.23. The minimum absolute atomic E-state index is 0.703. The Morgan fingerprint density at radius 2 is 1.91 bits per heavy atom. The van der Waals surface area contributed by atoms with Crippen molar-refractivity contribution in [3.63, 3.8) is 0 Å². The quantitative estimate of drug-likeness (QED) is 0.566. The van der Waals surface area contributed by atoms with E-state index in [1.807, 2.05) is 23.1 Å². The average molecular weight is 490 g/mol. The number of rotatable bonds is 4. The van der Waals surface area contributed by atoms with E-state index in [4.69, 9.17) is 24.4 Å². The number of hydrogen-bond donors (Lipinski definition) is 0. The molecule has 35 heavy (non-hydrogen) atoms. The number of allylic oxidation sites excluding steroid dienone is 3. The first-order valence-electron chi connectivity index (χ1n) is 12.3. The maximum atomic E-state index is 5.66. The van der Waals surface area contributed by atoms with Crippen molar-refractivity contribution in [2.75, 3.05) is 26.4 Å². The zero-order valence-corrected chi connectivity index (χ0v) is 21.0. The highest BCUT2D eigenvalue weighted by Crippen LogP contribution is 2.27. The topological polar surface area (TPSA) is 73.9 Å². The van der Waals surface area contributed by atoms with Gasteiger partial charge in [-0.25, -0.2) is 20.0 Å². The number of aliphatic imine (C=N–C) groups is 2. The molecule has 3 aliphatic heterocycles. The highest BCUT2D eigenvalue weighted by Gasteiger charge is 2.19. The monoisotopic (exact) mass is 489 g/mol. The molecule has 5 rings (SSSR count). The smallest absolute Gasteiger partial charge is 0.195 e. The Morgan fingerprint density at radius 3 is 2.77 bits per heavy atom. The third-order valence-corrected chi connectivity index (χ3v) is 7.09. The molecule has 7 nitrogen and oxygen atoms in total. The van der Waals surface area contributed by atoms with Crippen LogP contribution in [0.15, 0.2) is 75.0 Å². The first-order chi connectivity index (χ1) is 17.2. The summed E-state index contributed by atoms with van der Waals surface area (Å²) in [7, 11) is 0. The van der Waals surface area contributed by atoms with Crippen molar-refractivity contribution in [2.45, 2.75) is 45.4 Å². The van der Waals surface area contributed by atoms with Crippen molar-refractivity contribution in [3.8, 4) is 5.13 Å². The Bertz CT molecular complexity index is 1230. The predicted molar refractivity (Wildman–Crippen MR) is 141 cm³/mol. The summed E-state index contributed by atoms with van der Waals surface area (Å²) in [5.41, 5.74) is 5.88. The van der Waals surface area contributed by atoms with Crippen LogP contribution >= 0.6 is 11.3 Å². The molecule has 0 unspecified atom stereocenters. The fraction of sp³-hybridized carbons (Fsp3) is 0.407. The van der Waals surface area contributed by atoms with Crippen LogP contribution in [0, 0.1) is 6.92 Å². The lowest BCUT2D eigenvalue weighted by Gasteiger charge is -2.13. The molecule has 2 aromatic heterocycles. The molecule has 5 heterocycles. The molecule has 0 N–H and O–H groups in total. The molecule has 0 saturated carbocycles. The van der Waals surface area contributed by atoms with Gasteiger partial charge in [0.05, 0.1) is 24.6 Å². The number of nitrogens with zero attached hydrogens (tertiary/aromatic N) is 5. The number of aryl methyl sites for hydroxylation is 1. The van der Waals surface area contributed by atoms with E-state index in [0.29, 0.717) is 5.84 Å². The molecule has 3 aliphatic rings. The molecule has 8 heteroatoms. The minimum atomic E-state index is 0.703. The summed E-state index contributed by atoms with van der Waals surface area (Å²) < 4.78 is 13.3. The van der Waals surface area contributed by atoms with Crippen molar-refractivity contribution < 1.29 is 9.47 Å². The third kappa shape index (κ3) is 5.83. The van der Waals surface area contributed by atoms with Gasteiger partial charge >= 0.3 is 0 Å². The summed E-state index contributed by atoms with van der Waals surface area (Å²) in [4.78, 5) is 19.3. The van der Waals surface area contributed by atoms with Gasteiger partial charge in [-0.15, -0.1) is 11.3 Å². The van der Waals surface area contributed by atoms with E-state index in [2.05, 4.69) is 29.8 Å². The summed E-state index contributed by atoms with van der Waals surface area (Å²) in [6.07, 6.45) is 15.9. The van der Waals surface area contributed by atoms with Crippen molar-refractivity contribution in [3.05, 3.63) is 76.5 Å². The molecule has 0 atom stereocenters. The van der Waals surface area contributed by atoms with Gasteiger partial charge in [0.1, 0.15) is 11.5 Å². The van der Waals surface area contributed by atoms with E-state index in [0.717, 1.165) is 98.6 Å². The number of ether oxygens (including phenoxy) is 2. The third-order valence-electron chi connectivity index (χ3n) is 6.25.